The molecule has 1 rings (SSSR count). The highest BCUT2D eigenvalue weighted by Crippen LogP contribution is 2.30. The number of hydrogen-bond acceptors (Lipinski definition) is 2. The van der Waals surface area contributed by atoms with Gasteiger partial charge >= 0.3 is 5.97 Å². The summed E-state index contributed by atoms with van der Waals surface area (Å²) in [5, 5.41) is 0.994. The summed E-state index contributed by atoms with van der Waals surface area (Å²) in [7, 11) is 0. The Kier molecular flexibility index (Phi) is 5.87. The lowest BCUT2D eigenvalue weighted by molar-refractivity contribution is -0.142. The van der Waals surface area contributed by atoms with Crippen LogP contribution in [-0.4, -0.2) is 10.1 Å². The van der Waals surface area contributed by atoms with Gasteiger partial charge in [0.25, 0.3) is 0 Å². The van der Waals surface area contributed by atoms with Gasteiger partial charge in [-0.2, -0.15) is 0 Å². The molecule has 0 fully saturated rings. The van der Waals surface area contributed by atoms with Crippen molar-refractivity contribution in [3.63, 3.8) is 0 Å². The van der Waals surface area contributed by atoms with Crippen molar-refractivity contribution in [2.45, 2.75) is 10.5 Å². The Hall–Kier alpha value is -0.150. The molecular weight excluding hydrogens is 397 g/mol. The number of alkyl halides is 1. The highest BCUT2D eigenvalue weighted by Gasteiger charge is 2.14. The van der Waals surface area contributed by atoms with Gasteiger partial charge in [-0.15, -0.1) is 6.42 Å². The van der Waals surface area contributed by atoms with E-state index in [-0.39, 0.29) is 6.42 Å². The van der Waals surface area contributed by atoms with E-state index in [4.69, 9.17) is 46.0 Å². The van der Waals surface area contributed by atoms with Crippen LogP contribution in [0.3, 0.4) is 0 Å². The molecule has 0 saturated heterocycles. The van der Waals surface area contributed by atoms with Crippen LogP contribution >= 0.6 is 57.4 Å². The van der Waals surface area contributed by atoms with E-state index in [1.54, 1.807) is 6.07 Å². The lowest BCUT2D eigenvalue weighted by Crippen LogP contribution is -2.13. The lowest BCUT2D eigenvalue weighted by atomic mass is 10.1. The average molecular weight is 403 g/mol. The van der Waals surface area contributed by atoms with Crippen LogP contribution in [0.1, 0.15) is 5.56 Å². The molecule has 0 aliphatic carbocycles. The van der Waals surface area contributed by atoms with Crippen molar-refractivity contribution in [3.05, 3.63) is 32.8 Å². The summed E-state index contributed by atoms with van der Waals surface area (Å²) >= 11 is 19.4. The van der Waals surface area contributed by atoms with Gasteiger partial charge in [0, 0.05) is 5.02 Å². The van der Waals surface area contributed by atoms with E-state index in [2.05, 4.69) is 5.92 Å². The first-order valence-electron chi connectivity index (χ1n) is 4.37. The minimum Gasteiger partial charge on any atom is -0.439 e. The maximum absolute atomic E-state index is 11.5. The van der Waals surface area contributed by atoms with Crippen LogP contribution in [-0.2, 0) is 16.0 Å². The van der Waals surface area contributed by atoms with Gasteiger partial charge in [0.1, 0.15) is 0 Å². The molecule has 0 aromatic heterocycles. The predicted molar refractivity (Wildman–Crippen MR) is 77.9 cm³/mol. The minimum atomic E-state index is -0.603. The number of halogens is 4. The Morgan fingerprint density at radius 1 is 1.47 bits per heavy atom. The smallest absolute Gasteiger partial charge is 0.312 e. The normalized spacial score (nSPS) is 11.7. The average Bonchev–Trinajstić information content (AvgIpc) is 2.24. The van der Waals surface area contributed by atoms with Crippen LogP contribution in [0, 0.1) is 12.3 Å². The van der Waals surface area contributed by atoms with E-state index in [9.17, 15) is 4.79 Å². The predicted octanol–water partition coefficient (Wildman–Crippen LogP) is 4.13. The fourth-order valence-corrected chi connectivity index (χ4v) is 2.08. The molecule has 1 aromatic rings. The summed E-state index contributed by atoms with van der Waals surface area (Å²) in [5.74, 6) is 1.79. The molecule has 1 unspecified atom stereocenters. The lowest BCUT2D eigenvalue weighted by Gasteiger charge is -2.08. The number of benzene rings is 1. The minimum absolute atomic E-state index is 0.0275. The van der Waals surface area contributed by atoms with Crippen molar-refractivity contribution in [2.75, 3.05) is 0 Å². The molecule has 6 heteroatoms. The largest absolute Gasteiger partial charge is 0.439 e. The van der Waals surface area contributed by atoms with Gasteiger partial charge < -0.3 is 4.74 Å². The molecule has 0 bridgehead atoms. The van der Waals surface area contributed by atoms with Crippen LogP contribution in [0.25, 0.3) is 0 Å². The highest BCUT2D eigenvalue weighted by molar-refractivity contribution is 14.1. The second-order valence-corrected chi connectivity index (χ2v) is 5.36. The molecule has 90 valence electrons. The van der Waals surface area contributed by atoms with Gasteiger partial charge in [-0.05, 0) is 40.3 Å². The number of hydrogen-bond donors (Lipinski definition) is 0. The number of carbonyl (C=O) groups excluding carboxylic acids is 1. The zero-order chi connectivity index (χ0) is 13.0. The molecule has 0 N–H and O–H groups in total. The van der Waals surface area contributed by atoms with Crippen LogP contribution in [0.5, 0.6) is 0 Å². The summed E-state index contributed by atoms with van der Waals surface area (Å²) in [6.07, 6.45) is 5.06. The van der Waals surface area contributed by atoms with Crippen molar-refractivity contribution in [3.8, 4) is 12.3 Å². The standard InChI is InChI=1S/C11H6Cl3IO2/c1-2-9(15)17-10(16)4-6-3-7(12)5-8(13)11(6)14/h1,3,5,9H,4H2. The molecule has 0 aliphatic rings. The third-order valence-corrected chi connectivity index (χ3v) is 3.44. The summed E-state index contributed by atoms with van der Waals surface area (Å²) < 4.78 is 4.30. The second-order valence-electron chi connectivity index (χ2n) is 3.01. The third-order valence-electron chi connectivity index (χ3n) is 1.77. The SMILES string of the molecule is C#CC(I)OC(=O)Cc1cc(Cl)cc(Cl)c1Cl. The van der Waals surface area contributed by atoms with E-state index in [1.165, 1.54) is 6.07 Å². The van der Waals surface area contributed by atoms with Gasteiger partial charge in [-0.3, -0.25) is 4.79 Å². The Morgan fingerprint density at radius 3 is 2.71 bits per heavy atom. The van der Waals surface area contributed by atoms with E-state index in [1.807, 2.05) is 22.6 Å². The fraction of sp³-hybridized carbons (Fsp3) is 0.182. The van der Waals surface area contributed by atoms with Crippen molar-refractivity contribution in [1.29, 1.82) is 0 Å². The Morgan fingerprint density at radius 2 is 2.12 bits per heavy atom. The van der Waals surface area contributed by atoms with E-state index in [0.717, 1.165) is 0 Å². The van der Waals surface area contributed by atoms with Gasteiger partial charge in [0.05, 0.1) is 16.5 Å². The van der Waals surface area contributed by atoms with E-state index < -0.39 is 10.1 Å². The number of carbonyl (C=O) groups is 1. The molecule has 0 spiro atoms. The van der Waals surface area contributed by atoms with Gasteiger partial charge in [0.15, 0.2) is 0 Å². The van der Waals surface area contributed by atoms with Crippen LogP contribution in [0.15, 0.2) is 12.1 Å². The number of rotatable bonds is 3. The molecule has 1 atom stereocenters. The molecule has 0 heterocycles. The maximum atomic E-state index is 11.5. The molecule has 1 aromatic carbocycles. The number of terminal acetylenes is 1. The number of ether oxygens (including phenoxy) is 1. The second kappa shape index (κ2) is 6.69. The van der Waals surface area contributed by atoms with E-state index >= 15 is 0 Å². The van der Waals surface area contributed by atoms with Crippen LogP contribution < -0.4 is 0 Å². The zero-order valence-electron chi connectivity index (χ0n) is 8.34. The molecule has 0 saturated carbocycles. The monoisotopic (exact) mass is 402 g/mol. The van der Waals surface area contributed by atoms with Crippen molar-refractivity contribution in [1.82, 2.24) is 0 Å². The van der Waals surface area contributed by atoms with E-state index in [0.29, 0.717) is 20.6 Å². The third kappa shape index (κ3) is 4.55. The van der Waals surface area contributed by atoms with Crippen molar-refractivity contribution in [2.24, 2.45) is 0 Å². The van der Waals surface area contributed by atoms with Gasteiger partial charge in [-0.25, -0.2) is 0 Å². The highest BCUT2D eigenvalue weighted by atomic mass is 127. The van der Waals surface area contributed by atoms with Crippen LogP contribution in [0.4, 0.5) is 0 Å². The molecule has 0 aliphatic heterocycles. The topological polar surface area (TPSA) is 26.3 Å². The first kappa shape index (κ1) is 14.9. The molecular formula is C11H6Cl3IO2. The Bertz CT molecular complexity index is 482. The Balaban J connectivity index is 2.82. The quantitative estimate of drug-likeness (QED) is 0.249. The molecule has 17 heavy (non-hydrogen) atoms. The summed E-state index contributed by atoms with van der Waals surface area (Å²) in [6, 6.07) is 3.07. The van der Waals surface area contributed by atoms with Crippen LogP contribution in [0.2, 0.25) is 15.1 Å². The molecule has 0 amide bonds. The maximum Gasteiger partial charge on any atom is 0.312 e. The van der Waals surface area contributed by atoms with Crippen molar-refractivity contribution < 1.29 is 9.53 Å². The number of esters is 1. The summed E-state index contributed by atoms with van der Waals surface area (Å²) in [4.78, 5) is 11.5. The molecule has 2 nitrogen and oxygen atoms in total. The van der Waals surface area contributed by atoms with Gasteiger partial charge in [-0.1, -0.05) is 40.7 Å². The Labute approximate surface area is 128 Å². The first-order valence-corrected chi connectivity index (χ1v) is 6.75. The van der Waals surface area contributed by atoms with Crippen molar-refractivity contribution >= 4 is 63.4 Å². The fourth-order valence-electron chi connectivity index (χ4n) is 1.08. The zero-order valence-corrected chi connectivity index (χ0v) is 12.8. The first-order chi connectivity index (χ1) is 7.93. The van der Waals surface area contributed by atoms with Gasteiger partial charge in [0.2, 0.25) is 4.11 Å². The summed E-state index contributed by atoms with van der Waals surface area (Å²) in [6.45, 7) is 0. The summed E-state index contributed by atoms with van der Waals surface area (Å²) in [5.41, 5.74) is 0.509. The molecule has 0 radical (unpaired) electrons.